The molecule has 0 fully saturated rings. The highest BCUT2D eigenvalue weighted by Gasteiger charge is 2.37. The minimum atomic E-state index is -0.274. The molecule has 0 aromatic heterocycles. The Balaban J connectivity index is 1.64. The van der Waals surface area contributed by atoms with Gasteiger partial charge in [0.05, 0.1) is 11.1 Å². The minimum absolute atomic E-state index is 0.236. The van der Waals surface area contributed by atoms with E-state index >= 15 is 0 Å². The molecule has 0 N–H and O–H groups in total. The summed E-state index contributed by atoms with van der Waals surface area (Å²) >= 11 is 0. The van der Waals surface area contributed by atoms with Crippen LogP contribution in [0.2, 0.25) is 0 Å². The molecule has 2 aromatic rings. The van der Waals surface area contributed by atoms with Gasteiger partial charge in [-0.15, -0.1) is 0 Å². The third-order valence-corrected chi connectivity index (χ3v) is 4.39. The molecule has 0 radical (unpaired) electrons. The molecule has 1 aliphatic rings. The van der Waals surface area contributed by atoms with E-state index in [0.29, 0.717) is 17.5 Å². The fourth-order valence-corrected chi connectivity index (χ4v) is 2.93. The van der Waals surface area contributed by atoms with Crippen LogP contribution in [0.3, 0.4) is 0 Å². The SMILES string of the molecule is CCCC#Cc1ccc(C#CCC(C)N2C(=O)c3ccccc3C2=O)cc1. The number of hydrogen-bond donors (Lipinski definition) is 0. The fraction of sp³-hybridized carbons (Fsp3) is 0.250. The molecule has 3 nitrogen and oxygen atoms in total. The summed E-state index contributed by atoms with van der Waals surface area (Å²) in [4.78, 5) is 26.3. The van der Waals surface area contributed by atoms with Gasteiger partial charge in [-0.2, -0.15) is 0 Å². The number of carbonyl (C=O) groups excluding carboxylic acids is 2. The molecule has 3 rings (SSSR count). The van der Waals surface area contributed by atoms with Crippen molar-refractivity contribution in [2.75, 3.05) is 0 Å². The largest absolute Gasteiger partial charge is 0.271 e. The Morgan fingerprint density at radius 1 is 0.852 bits per heavy atom. The maximum atomic E-state index is 12.5. The topological polar surface area (TPSA) is 37.4 Å². The molecular formula is C24H21NO2. The Morgan fingerprint density at radius 3 is 1.89 bits per heavy atom. The average Bonchev–Trinajstić information content (AvgIpc) is 2.94. The lowest BCUT2D eigenvalue weighted by molar-refractivity contribution is 0.0600. The normalized spacial score (nSPS) is 13.3. The van der Waals surface area contributed by atoms with Crippen molar-refractivity contribution in [1.29, 1.82) is 0 Å². The molecule has 3 heteroatoms. The fourth-order valence-electron chi connectivity index (χ4n) is 2.93. The molecule has 1 heterocycles. The van der Waals surface area contributed by atoms with Gasteiger partial charge in [-0.3, -0.25) is 14.5 Å². The molecule has 0 saturated heterocycles. The van der Waals surface area contributed by atoms with Crippen LogP contribution in [-0.4, -0.2) is 22.8 Å². The van der Waals surface area contributed by atoms with Crippen molar-refractivity contribution in [1.82, 2.24) is 4.90 Å². The van der Waals surface area contributed by atoms with Crippen LogP contribution in [0.5, 0.6) is 0 Å². The van der Waals surface area contributed by atoms with Gasteiger partial charge in [-0.1, -0.05) is 42.7 Å². The van der Waals surface area contributed by atoms with E-state index in [1.807, 2.05) is 31.2 Å². The second-order valence-corrected chi connectivity index (χ2v) is 6.51. The molecule has 1 atom stereocenters. The molecule has 2 amide bonds. The first-order valence-corrected chi connectivity index (χ1v) is 9.16. The van der Waals surface area contributed by atoms with Crippen LogP contribution in [0, 0.1) is 23.7 Å². The summed E-state index contributed by atoms with van der Waals surface area (Å²) in [6.45, 7) is 3.96. The summed E-state index contributed by atoms with van der Waals surface area (Å²) < 4.78 is 0. The van der Waals surface area contributed by atoms with E-state index in [1.165, 1.54) is 4.90 Å². The lowest BCUT2D eigenvalue weighted by atomic mass is 10.1. The van der Waals surface area contributed by atoms with Crippen molar-refractivity contribution in [3.63, 3.8) is 0 Å². The summed E-state index contributed by atoms with van der Waals surface area (Å²) in [5.41, 5.74) is 2.82. The summed E-state index contributed by atoms with van der Waals surface area (Å²) in [5, 5.41) is 0. The predicted molar refractivity (Wildman–Crippen MR) is 106 cm³/mol. The van der Waals surface area contributed by atoms with Gasteiger partial charge in [0.1, 0.15) is 0 Å². The van der Waals surface area contributed by atoms with Crippen molar-refractivity contribution in [3.05, 3.63) is 70.8 Å². The van der Waals surface area contributed by atoms with Gasteiger partial charge in [0, 0.05) is 30.0 Å². The number of fused-ring (bicyclic) bond motifs is 1. The van der Waals surface area contributed by atoms with Crippen LogP contribution >= 0.6 is 0 Å². The highest BCUT2D eigenvalue weighted by atomic mass is 16.2. The van der Waals surface area contributed by atoms with Gasteiger partial charge in [-0.25, -0.2) is 0 Å². The first-order valence-electron chi connectivity index (χ1n) is 9.16. The number of imide groups is 1. The molecule has 0 aliphatic carbocycles. The van der Waals surface area contributed by atoms with Gasteiger partial charge < -0.3 is 0 Å². The van der Waals surface area contributed by atoms with Crippen molar-refractivity contribution < 1.29 is 9.59 Å². The van der Waals surface area contributed by atoms with E-state index < -0.39 is 0 Å². The summed E-state index contributed by atoms with van der Waals surface area (Å²) in [6, 6.07) is 14.5. The van der Waals surface area contributed by atoms with Crippen LogP contribution in [0.25, 0.3) is 0 Å². The smallest absolute Gasteiger partial charge is 0.261 e. The summed E-state index contributed by atoms with van der Waals surface area (Å²) in [6.07, 6.45) is 2.39. The van der Waals surface area contributed by atoms with Crippen molar-refractivity contribution in [2.45, 2.75) is 39.2 Å². The Morgan fingerprint density at radius 2 is 1.37 bits per heavy atom. The van der Waals surface area contributed by atoms with Crippen LogP contribution in [0.4, 0.5) is 0 Å². The van der Waals surface area contributed by atoms with E-state index in [0.717, 1.165) is 24.0 Å². The molecule has 27 heavy (non-hydrogen) atoms. The number of hydrogen-bond acceptors (Lipinski definition) is 2. The second-order valence-electron chi connectivity index (χ2n) is 6.51. The average molecular weight is 355 g/mol. The van der Waals surface area contributed by atoms with Crippen LogP contribution in [0.15, 0.2) is 48.5 Å². The van der Waals surface area contributed by atoms with Gasteiger partial charge >= 0.3 is 0 Å². The van der Waals surface area contributed by atoms with Gasteiger partial charge in [0.2, 0.25) is 0 Å². The molecule has 1 unspecified atom stereocenters. The maximum absolute atomic E-state index is 12.5. The highest BCUT2D eigenvalue weighted by Crippen LogP contribution is 2.25. The maximum Gasteiger partial charge on any atom is 0.261 e. The first kappa shape index (κ1) is 18.5. The van der Waals surface area contributed by atoms with E-state index in [4.69, 9.17) is 0 Å². The molecule has 0 saturated carbocycles. The zero-order valence-electron chi connectivity index (χ0n) is 15.6. The van der Waals surface area contributed by atoms with Gasteiger partial charge in [0.15, 0.2) is 0 Å². The quantitative estimate of drug-likeness (QED) is 0.609. The van der Waals surface area contributed by atoms with Crippen LogP contribution < -0.4 is 0 Å². The number of carbonyl (C=O) groups is 2. The number of amides is 2. The molecule has 1 aliphatic heterocycles. The van der Waals surface area contributed by atoms with E-state index in [-0.39, 0.29) is 17.9 Å². The number of nitrogens with zero attached hydrogens (tertiary/aromatic N) is 1. The third kappa shape index (κ3) is 4.10. The Bertz CT molecular complexity index is 946. The molecule has 2 aromatic carbocycles. The van der Waals surface area contributed by atoms with Crippen molar-refractivity contribution >= 4 is 11.8 Å². The molecular weight excluding hydrogens is 334 g/mol. The van der Waals surface area contributed by atoms with Crippen molar-refractivity contribution in [2.24, 2.45) is 0 Å². The number of unbranched alkanes of at least 4 members (excludes halogenated alkanes) is 1. The van der Waals surface area contributed by atoms with E-state index in [1.54, 1.807) is 24.3 Å². The summed E-state index contributed by atoms with van der Waals surface area (Å²) in [7, 11) is 0. The van der Waals surface area contributed by atoms with E-state index in [2.05, 4.69) is 30.6 Å². The van der Waals surface area contributed by atoms with Crippen LogP contribution in [-0.2, 0) is 0 Å². The van der Waals surface area contributed by atoms with Crippen LogP contribution in [0.1, 0.15) is 65.0 Å². The van der Waals surface area contributed by atoms with E-state index in [9.17, 15) is 9.59 Å². The third-order valence-electron chi connectivity index (χ3n) is 4.39. The Labute approximate surface area is 160 Å². The zero-order valence-corrected chi connectivity index (χ0v) is 15.6. The molecule has 0 bridgehead atoms. The second kappa shape index (κ2) is 8.39. The number of rotatable bonds is 3. The lowest BCUT2D eigenvalue weighted by Crippen LogP contribution is -2.37. The predicted octanol–water partition coefficient (Wildman–Crippen LogP) is 4.26. The Hall–Kier alpha value is -3.30. The minimum Gasteiger partial charge on any atom is -0.271 e. The summed E-state index contributed by atoms with van der Waals surface area (Å²) in [5.74, 6) is 12.0. The molecule has 0 spiro atoms. The monoisotopic (exact) mass is 355 g/mol. The van der Waals surface area contributed by atoms with Gasteiger partial charge in [-0.05, 0) is 49.7 Å². The number of benzene rings is 2. The standard InChI is InChI=1S/C24H21NO2/c1-3-4-5-10-19-14-16-20(17-15-19)11-8-9-18(2)25-23(26)21-12-6-7-13-22(21)24(25)27/h6-7,12-18H,3-4,9H2,1-2H3. The Kier molecular flexibility index (Phi) is 5.74. The zero-order chi connectivity index (χ0) is 19.2. The first-order chi connectivity index (χ1) is 13.1. The van der Waals surface area contributed by atoms with Crippen molar-refractivity contribution in [3.8, 4) is 23.7 Å². The lowest BCUT2D eigenvalue weighted by Gasteiger charge is -2.20. The van der Waals surface area contributed by atoms with Gasteiger partial charge in [0.25, 0.3) is 11.8 Å². The highest BCUT2D eigenvalue weighted by molar-refractivity contribution is 6.21. The molecule has 134 valence electrons.